The lowest BCUT2D eigenvalue weighted by molar-refractivity contribution is 1.17. The van der Waals surface area contributed by atoms with Crippen LogP contribution in [0.5, 0.6) is 0 Å². The number of nitrogens with zero attached hydrogens (tertiary/aromatic N) is 3. The van der Waals surface area contributed by atoms with Gasteiger partial charge in [-0.2, -0.15) is 0 Å². The molecule has 0 aliphatic rings. The van der Waals surface area contributed by atoms with Gasteiger partial charge < -0.3 is 4.57 Å². The molecule has 0 aliphatic heterocycles. The predicted octanol–water partition coefficient (Wildman–Crippen LogP) is 13.2. The van der Waals surface area contributed by atoms with E-state index < -0.39 is 0 Å². The molecule has 10 aromatic rings. The van der Waals surface area contributed by atoms with Gasteiger partial charge in [-0.05, 0) is 93.7 Å². The molecule has 0 unspecified atom stereocenters. The maximum absolute atomic E-state index is 5.35. The van der Waals surface area contributed by atoms with E-state index in [1.165, 1.54) is 54.8 Å². The summed E-state index contributed by atoms with van der Waals surface area (Å²) < 4.78 is 2.40. The molecule has 0 atom stereocenters. The van der Waals surface area contributed by atoms with E-state index in [9.17, 15) is 0 Å². The van der Waals surface area contributed by atoms with E-state index in [-0.39, 0.29) is 0 Å². The summed E-state index contributed by atoms with van der Waals surface area (Å²) in [7, 11) is 0. The van der Waals surface area contributed by atoms with Crippen LogP contribution in [0.3, 0.4) is 0 Å². The van der Waals surface area contributed by atoms with Crippen molar-refractivity contribution in [1.82, 2.24) is 9.55 Å². The average Bonchev–Trinajstić information content (AvgIpc) is 3.57. The summed E-state index contributed by atoms with van der Waals surface area (Å²) in [5.41, 5.74) is 12.4. The first kappa shape index (κ1) is 29.9. The number of hydrogen-bond donors (Lipinski definition) is 0. The highest BCUT2D eigenvalue weighted by Crippen LogP contribution is 2.40. The third-order valence-electron chi connectivity index (χ3n) is 10.2. The van der Waals surface area contributed by atoms with Crippen molar-refractivity contribution in [3.05, 3.63) is 200 Å². The summed E-state index contributed by atoms with van der Waals surface area (Å²) in [6, 6.07) is 71.3. The van der Waals surface area contributed by atoms with Gasteiger partial charge >= 0.3 is 0 Å². The van der Waals surface area contributed by atoms with E-state index in [1.807, 2.05) is 0 Å². The lowest BCUT2D eigenvalue weighted by atomic mass is 10.0. The molecule has 52 heavy (non-hydrogen) atoms. The molecule has 244 valence electrons. The Kier molecular flexibility index (Phi) is 7.14. The molecule has 2 heterocycles. The molecule has 0 N–H and O–H groups in total. The van der Waals surface area contributed by atoms with Gasteiger partial charge in [0.25, 0.3) is 0 Å². The van der Waals surface area contributed by atoms with Crippen LogP contribution in [0.2, 0.25) is 0 Å². The zero-order valence-electron chi connectivity index (χ0n) is 28.4. The van der Waals surface area contributed by atoms with Crippen LogP contribution in [0.1, 0.15) is 0 Å². The molecule has 0 spiro atoms. The van der Waals surface area contributed by atoms with E-state index in [0.29, 0.717) is 0 Å². The van der Waals surface area contributed by atoms with Gasteiger partial charge in [0.15, 0.2) is 0 Å². The molecule has 0 amide bonds. The van der Waals surface area contributed by atoms with E-state index in [2.05, 4.69) is 210 Å². The Labute approximate surface area is 302 Å². The van der Waals surface area contributed by atoms with Crippen molar-refractivity contribution >= 4 is 49.8 Å². The van der Waals surface area contributed by atoms with Gasteiger partial charge in [-0.25, -0.2) is 4.98 Å². The minimum Gasteiger partial charge on any atom is -0.309 e. The van der Waals surface area contributed by atoms with E-state index in [1.54, 1.807) is 0 Å². The van der Waals surface area contributed by atoms with Crippen molar-refractivity contribution < 1.29 is 0 Å². The minimum absolute atomic E-state index is 0.853. The van der Waals surface area contributed by atoms with Gasteiger partial charge in [0.05, 0.1) is 16.7 Å². The third-order valence-corrected chi connectivity index (χ3v) is 10.2. The fourth-order valence-corrected chi connectivity index (χ4v) is 7.69. The van der Waals surface area contributed by atoms with Crippen LogP contribution in [-0.4, -0.2) is 9.55 Å². The Balaban J connectivity index is 1.08. The van der Waals surface area contributed by atoms with Crippen LogP contribution in [0, 0.1) is 0 Å². The minimum atomic E-state index is 0.853. The molecule has 0 saturated carbocycles. The Bertz CT molecular complexity index is 2670. The molecule has 0 bridgehead atoms. The summed E-state index contributed by atoms with van der Waals surface area (Å²) in [6.07, 6.45) is 0. The lowest BCUT2D eigenvalue weighted by Gasteiger charge is -2.25. The Hall–Kier alpha value is -6.97. The summed E-state index contributed by atoms with van der Waals surface area (Å²) in [5.74, 6) is 0.853. The van der Waals surface area contributed by atoms with Gasteiger partial charge in [0, 0.05) is 33.4 Å². The van der Waals surface area contributed by atoms with Crippen molar-refractivity contribution in [3.63, 3.8) is 0 Å². The molecule has 0 radical (unpaired) electrons. The highest BCUT2D eigenvalue weighted by Gasteiger charge is 2.18. The lowest BCUT2D eigenvalue weighted by Crippen LogP contribution is -2.11. The van der Waals surface area contributed by atoms with Crippen molar-refractivity contribution in [1.29, 1.82) is 0 Å². The van der Waals surface area contributed by atoms with Gasteiger partial charge in [0.1, 0.15) is 5.82 Å². The highest BCUT2D eigenvalue weighted by molar-refractivity contribution is 6.24. The molecule has 10 rings (SSSR count). The molecule has 8 aromatic carbocycles. The summed E-state index contributed by atoms with van der Waals surface area (Å²) >= 11 is 0. The first-order valence-electron chi connectivity index (χ1n) is 17.7. The van der Waals surface area contributed by atoms with Crippen molar-refractivity contribution in [3.8, 4) is 39.2 Å². The summed E-state index contributed by atoms with van der Waals surface area (Å²) in [6.45, 7) is 0. The fraction of sp³-hybridized carbons (Fsp3) is 0. The second-order valence-electron chi connectivity index (χ2n) is 13.2. The maximum atomic E-state index is 5.35. The molecule has 0 aliphatic carbocycles. The molecule has 3 nitrogen and oxygen atoms in total. The van der Waals surface area contributed by atoms with Gasteiger partial charge in [-0.1, -0.05) is 140 Å². The third kappa shape index (κ3) is 5.10. The zero-order chi connectivity index (χ0) is 34.4. The zero-order valence-corrected chi connectivity index (χ0v) is 28.4. The van der Waals surface area contributed by atoms with Gasteiger partial charge in [0.2, 0.25) is 0 Å². The Morgan fingerprint density at radius 1 is 0.365 bits per heavy atom. The number of aromatic nitrogens is 2. The van der Waals surface area contributed by atoms with E-state index in [0.717, 1.165) is 34.1 Å². The molecular formula is C49H33N3. The molecule has 0 saturated heterocycles. The van der Waals surface area contributed by atoms with Crippen molar-refractivity contribution in [2.45, 2.75) is 0 Å². The van der Waals surface area contributed by atoms with Crippen LogP contribution in [0.25, 0.3) is 71.8 Å². The average molecular weight is 664 g/mol. The fourth-order valence-electron chi connectivity index (χ4n) is 7.69. The number of benzene rings is 8. The van der Waals surface area contributed by atoms with E-state index in [4.69, 9.17) is 4.98 Å². The van der Waals surface area contributed by atoms with Crippen molar-refractivity contribution in [2.75, 3.05) is 4.90 Å². The second-order valence-corrected chi connectivity index (χ2v) is 13.2. The number of anilines is 3. The van der Waals surface area contributed by atoms with Crippen LogP contribution in [-0.2, 0) is 0 Å². The normalized spacial score (nSPS) is 11.5. The van der Waals surface area contributed by atoms with Crippen LogP contribution < -0.4 is 4.90 Å². The molecule has 0 fully saturated rings. The largest absolute Gasteiger partial charge is 0.309 e. The highest BCUT2D eigenvalue weighted by atomic mass is 15.2. The van der Waals surface area contributed by atoms with Crippen LogP contribution in [0.4, 0.5) is 17.2 Å². The van der Waals surface area contributed by atoms with Gasteiger partial charge in [-0.3, -0.25) is 4.90 Å². The van der Waals surface area contributed by atoms with E-state index >= 15 is 0 Å². The summed E-state index contributed by atoms with van der Waals surface area (Å²) in [4.78, 5) is 7.59. The van der Waals surface area contributed by atoms with Crippen LogP contribution in [0.15, 0.2) is 200 Å². The smallest absolute Gasteiger partial charge is 0.138 e. The standard InChI is InChI=1S/C49H33N3/c1-3-11-34(12-4-1)36-25-29-41(30-26-36)51(42-31-27-37(28-32-42)35-13-5-2-6-14-35)47-22-10-19-44(50-47)40-17-7-18-43(33-40)52-45-20-8-15-38-23-24-39-16-9-21-46(52)49(39)48(38)45/h1-33H. The number of pyridine rings is 1. The monoisotopic (exact) mass is 663 g/mol. The molecule has 3 heteroatoms. The summed E-state index contributed by atoms with van der Waals surface area (Å²) in [5, 5.41) is 5.15. The SMILES string of the molecule is c1ccc(-c2ccc(N(c3ccc(-c4ccccc4)cc3)c3cccc(-c4cccc(-n5c6cccc7ccc8cccc5c8c76)c4)n3)cc2)cc1. The predicted molar refractivity (Wildman–Crippen MR) is 218 cm³/mol. The molecule has 2 aromatic heterocycles. The van der Waals surface area contributed by atoms with Crippen LogP contribution >= 0.6 is 0 Å². The maximum Gasteiger partial charge on any atom is 0.138 e. The molecular weight excluding hydrogens is 631 g/mol. The topological polar surface area (TPSA) is 21.1 Å². The second kappa shape index (κ2) is 12.4. The first-order valence-corrected chi connectivity index (χ1v) is 17.7. The number of hydrogen-bond acceptors (Lipinski definition) is 2. The number of rotatable bonds is 7. The van der Waals surface area contributed by atoms with Gasteiger partial charge in [-0.15, -0.1) is 0 Å². The van der Waals surface area contributed by atoms with Crippen molar-refractivity contribution in [2.24, 2.45) is 0 Å². The Morgan fingerprint density at radius 2 is 0.846 bits per heavy atom. The quantitative estimate of drug-likeness (QED) is 0.158. The first-order chi connectivity index (χ1) is 25.8. The Morgan fingerprint density at radius 3 is 1.40 bits per heavy atom.